The highest BCUT2D eigenvalue weighted by atomic mass is 16.5. The number of nitrogens with one attached hydrogen (secondary N) is 1. The molecule has 2 heteroatoms. The Labute approximate surface area is 115 Å². The molecular formula is C16H35NO. The van der Waals surface area contributed by atoms with E-state index in [-0.39, 0.29) is 0 Å². The molecule has 0 heterocycles. The van der Waals surface area contributed by atoms with Crippen LogP contribution in [0.15, 0.2) is 0 Å². The van der Waals surface area contributed by atoms with E-state index < -0.39 is 0 Å². The van der Waals surface area contributed by atoms with Crippen LogP contribution in [0.2, 0.25) is 0 Å². The molecule has 2 nitrogen and oxygen atoms in total. The Hall–Kier alpha value is -0.0800. The molecule has 0 saturated heterocycles. The summed E-state index contributed by atoms with van der Waals surface area (Å²) in [6.07, 6.45) is 4.93. The molecule has 0 aliphatic carbocycles. The van der Waals surface area contributed by atoms with Crippen LogP contribution in [0, 0.1) is 17.8 Å². The van der Waals surface area contributed by atoms with E-state index in [1.165, 1.54) is 25.7 Å². The van der Waals surface area contributed by atoms with Crippen molar-refractivity contribution < 1.29 is 4.74 Å². The van der Waals surface area contributed by atoms with E-state index in [0.29, 0.717) is 0 Å². The van der Waals surface area contributed by atoms with Gasteiger partial charge in [-0.05, 0) is 50.1 Å². The van der Waals surface area contributed by atoms with Crippen molar-refractivity contribution in [2.45, 2.75) is 60.3 Å². The molecule has 0 amide bonds. The molecule has 0 bridgehead atoms. The fraction of sp³-hybridized carbons (Fsp3) is 1.00. The van der Waals surface area contributed by atoms with Crippen molar-refractivity contribution in [3.63, 3.8) is 0 Å². The minimum Gasteiger partial charge on any atom is -0.381 e. The number of rotatable bonds is 12. The highest BCUT2D eigenvalue weighted by Gasteiger charge is 2.11. The SMILES string of the molecule is CCCCOCCC(CNCC(C)C)CC(C)C. The molecule has 1 N–H and O–H groups in total. The highest BCUT2D eigenvalue weighted by Crippen LogP contribution is 2.15. The normalized spacial score (nSPS) is 13.5. The molecular weight excluding hydrogens is 222 g/mol. The quantitative estimate of drug-likeness (QED) is 0.531. The standard InChI is InChI=1S/C16H35NO/c1-6-7-9-18-10-8-16(11-14(2)3)13-17-12-15(4)5/h14-17H,6-13H2,1-5H3. The second-order valence-electron chi connectivity index (χ2n) is 6.30. The molecule has 0 fully saturated rings. The van der Waals surface area contributed by atoms with Gasteiger partial charge >= 0.3 is 0 Å². The molecule has 0 aliphatic heterocycles. The van der Waals surface area contributed by atoms with Crippen LogP contribution < -0.4 is 5.32 Å². The van der Waals surface area contributed by atoms with Crippen LogP contribution in [-0.2, 0) is 4.74 Å². The first kappa shape index (κ1) is 17.9. The molecule has 0 aromatic rings. The Kier molecular flexibility index (Phi) is 11.9. The van der Waals surface area contributed by atoms with Gasteiger partial charge in [-0.3, -0.25) is 0 Å². The van der Waals surface area contributed by atoms with Crippen molar-refractivity contribution in [3.8, 4) is 0 Å². The Morgan fingerprint density at radius 3 is 2.22 bits per heavy atom. The predicted octanol–water partition coefficient (Wildman–Crippen LogP) is 4.10. The maximum Gasteiger partial charge on any atom is 0.0469 e. The van der Waals surface area contributed by atoms with Gasteiger partial charge in [0.05, 0.1) is 0 Å². The zero-order valence-electron chi connectivity index (χ0n) is 13.3. The lowest BCUT2D eigenvalue weighted by atomic mass is 9.94. The summed E-state index contributed by atoms with van der Waals surface area (Å²) in [4.78, 5) is 0. The van der Waals surface area contributed by atoms with Gasteiger partial charge in [-0.1, -0.05) is 41.0 Å². The third kappa shape index (κ3) is 12.4. The fourth-order valence-electron chi connectivity index (χ4n) is 2.14. The Morgan fingerprint density at radius 2 is 1.67 bits per heavy atom. The average Bonchev–Trinajstić information content (AvgIpc) is 2.27. The van der Waals surface area contributed by atoms with Crippen LogP contribution >= 0.6 is 0 Å². The second-order valence-corrected chi connectivity index (χ2v) is 6.30. The Bertz CT molecular complexity index is 168. The van der Waals surface area contributed by atoms with Gasteiger partial charge in [-0.15, -0.1) is 0 Å². The summed E-state index contributed by atoms with van der Waals surface area (Å²) in [6.45, 7) is 15.5. The lowest BCUT2D eigenvalue weighted by Crippen LogP contribution is -2.28. The first-order valence-electron chi connectivity index (χ1n) is 7.84. The molecule has 0 saturated carbocycles. The van der Waals surface area contributed by atoms with Gasteiger partial charge in [0.25, 0.3) is 0 Å². The van der Waals surface area contributed by atoms with Crippen LogP contribution in [0.25, 0.3) is 0 Å². The van der Waals surface area contributed by atoms with Crippen molar-refractivity contribution in [2.75, 3.05) is 26.3 Å². The number of unbranched alkanes of at least 4 members (excludes halogenated alkanes) is 1. The molecule has 0 aliphatic rings. The second kappa shape index (κ2) is 12.0. The summed E-state index contributed by atoms with van der Waals surface area (Å²) in [6, 6.07) is 0. The number of ether oxygens (including phenoxy) is 1. The highest BCUT2D eigenvalue weighted by molar-refractivity contribution is 4.65. The van der Waals surface area contributed by atoms with E-state index in [0.717, 1.165) is 44.1 Å². The summed E-state index contributed by atoms with van der Waals surface area (Å²) in [7, 11) is 0. The third-order valence-electron chi connectivity index (χ3n) is 3.10. The third-order valence-corrected chi connectivity index (χ3v) is 3.10. The zero-order valence-corrected chi connectivity index (χ0v) is 13.3. The maximum absolute atomic E-state index is 5.69. The van der Waals surface area contributed by atoms with Gasteiger partial charge in [-0.25, -0.2) is 0 Å². The summed E-state index contributed by atoms with van der Waals surface area (Å²) in [5.74, 6) is 2.29. The van der Waals surface area contributed by atoms with Gasteiger partial charge < -0.3 is 10.1 Å². The summed E-state index contributed by atoms with van der Waals surface area (Å²) in [5, 5.41) is 3.59. The van der Waals surface area contributed by atoms with Crippen molar-refractivity contribution in [3.05, 3.63) is 0 Å². The van der Waals surface area contributed by atoms with Crippen LogP contribution in [0.5, 0.6) is 0 Å². The molecule has 0 spiro atoms. The van der Waals surface area contributed by atoms with Crippen LogP contribution in [0.1, 0.15) is 60.3 Å². The van der Waals surface area contributed by atoms with Crippen molar-refractivity contribution in [1.82, 2.24) is 5.32 Å². The minimum absolute atomic E-state index is 0.741. The van der Waals surface area contributed by atoms with E-state index in [1.54, 1.807) is 0 Å². The first-order valence-corrected chi connectivity index (χ1v) is 7.84. The fourth-order valence-corrected chi connectivity index (χ4v) is 2.14. The van der Waals surface area contributed by atoms with Gasteiger partial charge in [-0.2, -0.15) is 0 Å². The lowest BCUT2D eigenvalue weighted by molar-refractivity contribution is 0.114. The van der Waals surface area contributed by atoms with Gasteiger partial charge in [0.15, 0.2) is 0 Å². The van der Waals surface area contributed by atoms with E-state index in [2.05, 4.69) is 39.9 Å². The van der Waals surface area contributed by atoms with Gasteiger partial charge in [0.1, 0.15) is 0 Å². The van der Waals surface area contributed by atoms with Crippen molar-refractivity contribution in [2.24, 2.45) is 17.8 Å². The topological polar surface area (TPSA) is 21.3 Å². The zero-order chi connectivity index (χ0) is 13.8. The van der Waals surface area contributed by atoms with Crippen LogP contribution in [0.3, 0.4) is 0 Å². The van der Waals surface area contributed by atoms with E-state index >= 15 is 0 Å². The molecule has 110 valence electrons. The summed E-state index contributed by atoms with van der Waals surface area (Å²) in [5.41, 5.74) is 0. The van der Waals surface area contributed by atoms with Crippen LogP contribution in [-0.4, -0.2) is 26.3 Å². The maximum atomic E-state index is 5.69. The predicted molar refractivity (Wildman–Crippen MR) is 81.0 cm³/mol. The molecule has 0 aromatic heterocycles. The van der Waals surface area contributed by atoms with Crippen molar-refractivity contribution in [1.29, 1.82) is 0 Å². The smallest absolute Gasteiger partial charge is 0.0469 e. The Morgan fingerprint density at radius 1 is 0.944 bits per heavy atom. The van der Waals surface area contributed by atoms with E-state index in [4.69, 9.17) is 4.74 Å². The molecule has 0 radical (unpaired) electrons. The number of hydrogen-bond donors (Lipinski definition) is 1. The average molecular weight is 257 g/mol. The van der Waals surface area contributed by atoms with E-state index in [1.807, 2.05) is 0 Å². The molecule has 0 aromatic carbocycles. The molecule has 1 atom stereocenters. The molecule has 0 rings (SSSR count). The first-order chi connectivity index (χ1) is 8.56. The monoisotopic (exact) mass is 257 g/mol. The van der Waals surface area contributed by atoms with Gasteiger partial charge in [0, 0.05) is 13.2 Å². The van der Waals surface area contributed by atoms with Gasteiger partial charge in [0.2, 0.25) is 0 Å². The van der Waals surface area contributed by atoms with E-state index in [9.17, 15) is 0 Å². The largest absolute Gasteiger partial charge is 0.381 e. The Balaban J connectivity index is 3.70. The molecule has 18 heavy (non-hydrogen) atoms. The number of hydrogen-bond acceptors (Lipinski definition) is 2. The summed E-state index contributed by atoms with van der Waals surface area (Å²) >= 11 is 0. The van der Waals surface area contributed by atoms with Crippen molar-refractivity contribution >= 4 is 0 Å². The summed E-state index contributed by atoms with van der Waals surface area (Å²) < 4.78 is 5.69. The lowest BCUT2D eigenvalue weighted by Gasteiger charge is -2.20. The van der Waals surface area contributed by atoms with Crippen LogP contribution in [0.4, 0.5) is 0 Å². The molecule has 1 unspecified atom stereocenters. The minimum atomic E-state index is 0.741.